The maximum absolute atomic E-state index is 5.83. The molecule has 0 spiro atoms. The van der Waals surface area contributed by atoms with E-state index < -0.39 is 0 Å². The molecule has 0 radical (unpaired) electrons. The second-order valence-corrected chi connectivity index (χ2v) is 6.66. The van der Waals surface area contributed by atoms with Crippen LogP contribution in [0.25, 0.3) is 10.1 Å². The third kappa shape index (κ3) is 2.25. The summed E-state index contributed by atoms with van der Waals surface area (Å²) in [5.41, 5.74) is 5.14. The molecule has 3 rings (SSSR count). The Bertz CT molecular complexity index is 717. The van der Waals surface area contributed by atoms with Crippen LogP contribution in [0.3, 0.4) is 0 Å². The normalized spacial score (nSPS) is 13.2. The summed E-state index contributed by atoms with van der Waals surface area (Å²) in [5.74, 6) is 6.17. The molecular weight excluding hydrogens is 288 g/mol. The number of nitrogens with one attached hydrogen (secondary N) is 1. The van der Waals surface area contributed by atoms with Gasteiger partial charge in [0, 0.05) is 4.70 Å². The van der Waals surface area contributed by atoms with Crippen LogP contribution in [0.2, 0.25) is 0 Å². The molecule has 104 valence electrons. The Labute approximate surface area is 125 Å². The van der Waals surface area contributed by atoms with Crippen LogP contribution < -0.4 is 11.3 Å². The van der Waals surface area contributed by atoms with Gasteiger partial charge in [-0.15, -0.1) is 16.4 Å². The zero-order valence-corrected chi connectivity index (χ0v) is 13.0. The van der Waals surface area contributed by atoms with Gasteiger partial charge in [-0.25, -0.2) is 5.43 Å². The molecule has 3 N–H and O–H groups in total. The molecule has 0 saturated carbocycles. The lowest BCUT2D eigenvalue weighted by atomic mass is 10.00. The number of rotatable bonds is 4. The van der Waals surface area contributed by atoms with Gasteiger partial charge in [-0.2, -0.15) is 0 Å². The molecule has 20 heavy (non-hydrogen) atoms. The molecule has 0 aliphatic rings. The van der Waals surface area contributed by atoms with Gasteiger partial charge in [-0.3, -0.25) is 5.84 Å². The van der Waals surface area contributed by atoms with Crippen molar-refractivity contribution in [2.45, 2.75) is 25.8 Å². The standard InChI is InChI=1S/C14H16N4S2/c1-8(2)11-14(20-18-17-11)12(16-15)10-5-3-4-9-6-7-19-13(9)10/h3-8,12,16H,15H2,1-2H3. The average molecular weight is 304 g/mol. The van der Waals surface area contributed by atoms with Crippen molar-refractivity contribution in [3.8, 4) is 0 Å². The Hall–Kier alpha value is -1.34. The minimum Gasteiger partial charge on any atom is -0.271 e. The average Bonchev–Trinajstić information content (AvgIpc) is 3.08. The van der Waals surface area contributed by atoms with E-state index in [0.717, 1.165) is 10.6 Å². The predicted octanol–water partition coefficient (Wildman–Crippen LogP) is 3.43. The Kier molecular flexibility index (Phi) is 3.80. The van der Waals surface area contributed by atoms with Crippen LogP contribution in [0.5, 0.6) is 0 Å². The molecule has 0 amide bonds. The van der Waals surface area contributed by atoms with E-state index in [1.165, 1.54) is 27.2 Å². The van der Waals surface area contributed by atoms with Gasteiger partial charge >= 0.3 is 0 Å². The quantitative estimate of drug-likeness (QED) is 0.572. The number of hydrazine groups is 1. The summed E-state index contributed by atoms with van der Waals surface area (Å²) in [4.78, 5) is 1.10. The van der Waals surface area contributed by atoms with Gasteiger partial charge in [0.2, 0.25) is 0 Å². The molecule has 0 saturated heterocycles. The van der Waals surface area contributed by atoms with E-state index in [4.69, 9.17) is 5.84 Å². The zero-order valence-electron chi connectivity index (χ0n) is 11.3. The highest BCUT2D eigenvalue weighted by Crippen LogP contribution is 2.35. The number of nitrogens with zero attached hydrogens (tertiary/aromatic N) is 2. The Balaban J connectivity index is 2.14. The smallest absolute Gasteiger partial charge is 0.0851 e. The monoisotopic (exact) mass is 304 g/mol. The zero-order chi connectivity index (χ0) is 14.1. The van der Waals surface area contributed by atoms with Gasteiger partial charge in [0.25, 0.3) is 0 Å². The highest BCUT2D eigenvalue weighted by Gasteiger charge is 2.23. The van der Waals surface area contributed by atoms with Crippen molar-refractivity contribution in [1.82, 2.24) is 15.0 Å². The van der Waals surface area contributed by atoms with Crippen LogP contribution in [0.4, 0.5) is 0 Å². The van der Waals surface area contributed by atoms with Crippen LogP contribution in [0.1, 0.15) is 41.9 Å². The van der Waals surface area contributed by atoms with E-state index in [1.54, 1.807) is 11.3 Å². The largest absolute Gasteiger partial charge is 0.271 e. The van der Waals surface area contributed by atoms with Gasteiger partial charge < -0.3 is 0 Å². The van der Waals surface area contributed by atoms with Gasteiger partial charge in [0.1, 0.15) is 0 Å². The van der Waals surface area contributed by atoms with Crippen molar-refractivity contribution >= 4 is 33.0 Å². The lowest BCUT2D eigenvalue weighted by Crippen LogP contribution is -2.29. The molecule has 6 heteroatoms. The number of benzene rings is 1. The second kappa shape index (κ2) is 5.57. The highest BCUT2D eigenvalue weighted by molar-refractivity contribution is 7.17. The molecule has 0 aliphatic heterocycles. The number of thiophene rings is 1. The number of hydrogen-bond donors (Lipinski definition) is 2. The van der Waals surface area contributed by atoms with E-state index >= 15 is 0 Å². The van der Waals surface area contributed by atoms with E-state index in [1.807, 2.05) is 0 Å². The van der Waals surface area contributed by atoms with Crippen LogP contribution in [-0.2, 0) is 0 Å². The van der Waals surface area contributed by atoms with E-state index in [2.05, 4.69) is 58.5 Å². The highest BCUT2D eigenvalue weighted by atomic mass is 32.1. The summed E-state index contributed by atoms with van der Waals surface area (Å²) < 4.78 is 5.37. The first kappa shape index (κ1) is 13.6. The number of hydrogen-bond acceptors (Lipinski definition) is 6. The first-order valence-electron chi connectivity index (χ1n) is 6.46. The predicted molar refractivity (Wildman–Crippen MR) is 85.0 cm³/mol. The van der Waals surface area contributed by atoms with E-state index in [9.17, 15) is 0 Å². The van der Waals surface area contributed by atoms with Crippen LogP contribution in [0.15, 0.2) is 29.6 Å². The van der Waals surface area contributed by atoms with Gasteiger partial charge in [0.15, 0.2) is 0 Å². The number of nitrogens with two attached hydrogens (primary N) is 1. The number of aromatic nitrogens is 2. The van der Waals surface area contributed by atoms with Crippen molar-refractivity contribution in [2.75, 3.05) is 0 Å². The molecular formula is C14H16N4S2. The lowest BCUT2D eigenvalue weighted by Gasteiger charge is -2.17. The summed E-state index contributed by atoms with van der Waals surface area (Å²) in [7, 11) is 0. The first-order chi connectivity index (χ1) is 9.72. The summed E-state index contributed by atoms with van der Waals surface area (Å²) in [6.45, 7) is 4.25. The summed E-state index contributed by atoms with van der Waals surface area (Å²) in [6, 6.07) is 8.38. The molecule has 0 aliphatic carbocycles. The molecule has 1 atom stereocenters. The summed E-state index contributed by atoms with van der Waals surface area (Å²) in [5, 5.41) is 7.61. The lowest BCUT2D eigenvalue weighted by molar-refractivity contribution is 0.635. The minimum atomic E-state index is -0.0604. The fourth-order valence-corrected chi connectivity index (χ4v) is 4.19. The molecule has 0 fully saturated rings. The molecule has 4 nitrogen and oxygen atoms in total. The Morgan fingerprint density at radius 3 is 2.85 bits per heavy atom. The van der Waals surface area contributed by atoms with Crippen LogP contribution >= 0.6 is 22.9 Å². The fourth-order valence-electron chi connectivity index (χ4n) is 2.36. The SMILES string of the molecule is CC(C)c1nnsc1C(NN)c1cccc2ccsc12. The first-order valence-corrected chi connectivity index (χ1v) is 8.12. The summed E-state index contributed by atoms with van der Waals surface area (Å²) in [6.07, 6.45) is 0. The van der Waals surface area contributed by atoms with E-state index in [-0.39, 0.29) is 6.04 Å². The van der Waals surface area contributed by atoms with Gasteiger partial charge in [-0.1, -0.05) is 36.5 Å². The Morgan fingerprint density at radius 1 is 1.25 bits per heavy atom. The Morgan fingerprint density at radius 2 is 2.10 bits per heavy atom. The maximum atomic E-state index is 5.83. The van der Waals surface area contributed by atoms with Crippen LogP contribution in [0, 0.1) is 0 Å². The van der Waals surface area contributed by atoms with E-state index in [0.29, 0.717) is 5.92 Å². The van der Waals surface area contributed by atoms with Crippen molar-refractivity contribution < 1.29 is 0 Å². The van der Waals surface area contributed by atoms with Crippen molar-refractivity contribution in [3.05, 3.63) is 45.8 Å². The van der Waals surface area contributed by atoms with Crippen molar-refractivity contribution in [1.29, 1.82) is 0 Å². The van der Waals surface area contributed by atoms with Gasteiger partial charge in [0.05, 0.1) is 16.6 Å². The molecule has 1 unspecified atom stereocenters. The second-order valence-electron chi connectivity index (χ2n) is 4.96. The number of fused-ring (bicyclic) bond motifs is 1. The molecule has 1 aromatic carbocycles. The van der Waals surface area contributed by atoms with Crippen molar-refractivity contribution in [3.63, 3.8) is 0 Å². The van der Waals surface area contributed by atoms with Crippen LogP contribution in [-0.4, -0.2) is 9.59 Å². The molecule has 2 heterocycles. The third-order valence-electron chi connectivity index (χ3n) is 3.34. The van der Waals surface area contributed by atoms with Crippen molar-refractivity contribution in [2.24, 2.45) is 5.84 Å². The summed E-state index contributed by atoms with van der Waals surface area (Å²) >= 11 is 3.15. The fraction of sp³-hybridized carbons (Fsp3) is 0.286. The maximum Gasteiger partial charge on any atom is 0.0851 e. The topological polar surface area (TPSA) is 63.8 Å². The minimum absolute atomic E-state index is 0.0604. The molecule has 3 aromatic rings. The molecule has 0 bridgehead atoms. The molecule has 2 aromatic heterocycles. The third-order valence-corrected chi connectivity index (χ3v) is 5.12. The van der Waals surface area contributed by atoms with Gasteiger partial charge in [-0.05, 0) is 39.8 Å².